The van der Waals surface area contributed by atoms with Gasteiger partial charge in [-0.1, -0.05) is 30.3 Å². The number of rotatable bonds is 4. The first-order chi connectivity index (χ1) is 14.2. The number of aliphatic imine (C=N–C) groups is 2. The van der Waals surface area contributed by atoms with E-state index in [1.807, 2.05) is 55.5 Å². The van der Waals surface area contributed by atoms with Crippen LogP contribution in [0.25, 0.3) is 0 Å². The van der Waals surface area contributed by atoms with Crippen LogP contribution >= 0.6 is 0 Å². The quantitative estimate of drug-likeness (QED) is 0.753. The number of carbonyl (C=O) groups is 1. The molecule has 3 aromatic rings. The van der Waals surface area contributed by atoms with Crippen molar-refractivity contribution >= 4 is 23.0 Å². The van der Waals surface area contributed by atoms with Gasteiger partial charge in [-0.15, -0.1) is 0 Å². The lowest BCUT2D eigenvalue weighted by molar-refractivity contribution is -0.115. The molecular weight excluding hydrogens is 362 g/mol. The van der Waals surface area contributed by atoms with Gasteiger partial charge >= 0.3 is 0 Å². The molecule has 1 N–H and O–H groups in total. The minimum atomic E-state index is -0.150. The molecule has 0 saturated carbocycles. The number of carbonyl (C=O) groups excluding carboxylic acids is 1. The van der Waals surface area contributed by atoms with E-state index in [-0.39, 0.29) is 11.9 Å². The van der Waals surface area contributed by atoms with Gasteiger partial charge in [-0.05, 0) is 30.7 Å². The third-order valence-corrected chi connectivity index (χ3v) is 5.25. The Morgan fingerprint density at radius 2 is 1.86 bits per heavy atom. The van der Waals surface area contributed by atoms with Crippen molar-refractivity contribution in [2.75, 3.05) is 0 Å². The maximum Gasteiger partial charge on any atom is 0.266 e. The molecule has 0 aliphatic carbocycles. The van der Waals surface area contributed by atoms with Crippen LogP contribution in [0.1, 0.15) is 41.0 Å². The second kappa shape index (κ2) is 7.05. The second-order valence-electron chi connectivity index (χ2n) is 7.19. The molecule has 4 heterocycles. The van der Waals surface area contributed by atoms with Crippen molar-refractivity contribution in [3.8, 4) is 0 Å². The average molecular weight is 381 g/mol. The van der Waals surface area contributed by atoms with Crippen molar-refractivity contribution in [1.82, 2.24) is 15.3 Å². The van der Waals surface area contributed by atoms with Crippen molar-refractivity contribution < 1.29 is 4.79 Å². The third-order valence-electron chi connectivity index (χ3n) is 5.25. The van der Waals surface area contributed by atoms with Crippen molar-refractivity contribution in [2.24, 2.45) is 9.98 Å². The van der Waals surface area contributed by atoms with Gasteiger partial charge < -0.3 is 5.32 Å². The van der Waals surface area contributed by atoms with Gasteiger partial charge in [-0.25, -0.2) is 4.99 Å². The van der Waals surface area contributed by atoms with E-state index in [1.165, 1.54) is 0 Å². The summed E-state index contributed by atoms with van der Waals surface area (Å²) in [6, 6.07) is 15.7. The summed E-state index contributed by atoms with van der Waals surface area (Å²) >= 11 is 0. The van der Waals surface area contributed by atoms with E-state index < -0.39 is 0 Å². The molecule has 2 aromatic heterocycles. The molecule has 0 fully saturated rings. The first-order valence-electron chi connectivity index (χ1n) is 9.60. The fourth-order valence-corrected chi connectivity index (χ4v) is 3.71. The molecule has 0 spiro atoms. The Bertz CT molecular complexity index is 1150. The predicted octanol–water partition coefficient (Wildman–Crippen LogP) is 3.33. The number of amides is 1. The summed E-state index contributed by atoms with van der Waals surface area (Å²) in [4.78, 5) is 30.8. The van der Waals surface area contributed by atoms with Crippen LogP contribution in [0.4, 0.5) is 5.69 Å². The number of fused-ring (bicyclic) bond motifs is 2. The van der Waals surface area contributed by atoms with Crippen LogP contribution in [0.3, 0.4) is 0 Å². The first-order valence-corrected chi connectivity index (χ1v) is 9.60. The lowest BCUT2D eigenvalue weighted by Gasteiger charge is -2.13. The summed E-state index contributed by atoms with van der Waals surface area (Å²) in [5.74, 6) is -0.150. The summed E-state index contributed by atoms with van der Waals surface area (Å²) in [6.07, 6.45) is 3.96. The summed E-state index contributed by atoms with van der Waals surface area (Å²) in [6.45, 7) is 2.52. The molecule has 1 amide bonds. The minimum Gasteiger partial charge on any atom is -0.344 e. The summed E-state index contributed by atoms with van der Waals surface area (Å²) in [5, 5.41) is 3.04. The minimum absolute atomic E-state index is 0.0847. The third kappa shape index (κ3) is 3.23. The summed E-state index contributed by atoms with van der Waals surface area (Å²) < 4.78 is 0. The highest BCUT2D eigenvalue weighted by molar-refractivity contribution is 6.41. The molecule has 0 saturated heterocycles. The fourth-order valence-electron chi connectivity index (χ4n) is 3.71. The average Bonchev–Trinajstić information content (AvgIpc) is 3.36. The molecule has 5 rings (SSSR count). The van der Waals surface area contributed by atoms with Crippen LogP contribution in [-0.4, -0.2) is 27.3 Å². The number of benzene rings is 1. The Balaban J connectivity index is 1.38. The number of aromatic nitrogens is 2. The van der Waals surface area contributed by atoms with Crippen molar-refractivity contribution in [3.63, 3.8) is 0 Å². The Kier molecular flexibility index (Phi) is 4.24. The van der Waals surface area contributed by atoms with Crippen molar-refractivity contribution in [3.05, 3.63) is 89.0 Å². The molecule has 2 aliphatic rings. The highest BCUT2D eigenvalue weighted by Gasteiger charge is 2.27. The number of nitrogens with zero attached hydrogens (tertiary/aromatic N) is 4. The predicted molar refractivity (Wildman–Crippen MR) is 112 cm³/mol. The molecule has 1 aromatic carbocycles. The molecule has 0 bridgehead atoms. The Labute approximate surface area is 168 Å². The zero-order valence-electron chi connectivity index (χ0n) is 16.0. The van der Waals surface area contributed by atoms with Gasteiger partial charge in [0.2, 0.25) is 0 Å². The first kappa shape index (κ1) is 17.4. The van der Waals surface area contributed by atoms with Gasteiger partial charge in [0.05, 0.1) is 35.4 Å². The van der Waals surface area contributed by atoms with Crippen LogP contribution in [0.5, 0.6) is 0 Å². The van der Waals surface area contributed by atoms with Gasteiger partial charge in [-0.2, -0.15) is 0 Å². The Morgan fingerprint density at radius 3 is 2.66 bits per heavy atom. The zero-order chi connectivity index (χ0) is 19.8. The number of pyridine rings is 2. The molecule has 6 nitrogen and oxygen atoms in total. The fraction of sp³-hybridized carbons (Fsp3) is 0.174. The van der Waals surface area contributed by atoms with Gasteiger partial charge in [-0.3, -0.25) is 19.8 Å². The SMILES string of the molecule is C[C@@H](NC(=O)C1=Nc2cc3c(nc2C1)CN=C3c1ccncc1)c1ccccc1. The lowest BCUT2D eigenvalue weighted by Crippen LogP contribution is -2.33. The second-order valence-corrected chi connectivity index (χ2v) is 7.19. The van der Waals surface area contributed by atoms with E-state index in [0.29, 0.717) is 18.7 Å². The molecular formula is C23H19N5O. The van der Waals surface area contributed by atoms with Gasteiger partial charge in [0.1, 0.15) is 5.71 Å². The standard InChI is InChI=1S/C23H19N5O/c1-14(15-5-3-2-4-6-15)26-23(29)20-12-19-18(27-20)11-17-21(28-19)13-25-22(17)16-7-9-24-10-8-16/h2-11,14H,12-13H2,1H3,(H,26,29)/t14-/m1/s1. The van der Waals surface area contributed by atoms with Crippen LogP contribution < -0.4 is 5.32 Å². The Hall–Kier alpha value is -3.67. The number of hydrogen-bond acceptors (Lipinski definition) is 5. The summed E-state index contributed by atoms with van der Waals surface area (Å²) in [7, 11) is 0. The van der Waals surface area contributed by atoms with Crippen LogP contribution in [0.15, 0.2) is 70.9 Å². The monoisotopic (exact) mass is 381 g/mol. The summed E-state index contributed by atoms with van der Waals surface area (Å²) in [5.41, 5.74) is 7.00. The van der Waals surface area contributed by atoms with Crippen LogP contribution in [0, 0.1) is 0 Å². The van der Waals surface area contributed by atoms with Crippen LogP contribution in [0.2, 0.25) is 0 Å². The maximum absolute atomic E-state index is 12.7. The molecule has 29 heavy (non-hydrogen) atoms. The Morgan fingerprint density at radius 1 is 1.07 bits per heavy atom. The van der Waals surface area contributed by atoms with Crippen molar-refractivity contribution in [2.45, 2.75) is 25.9 Å². The largest absolute Gasteiger partial charge is 0.344 e. The molecule has 142 valence electrons. The van der Waals surface area contributed by atoms with E-state index in [2.05, 4.69) is 20.3 Å². The topological polar surface area (TPSA) is 79.6 Å². The molecule has 0 unspecified atom stereocenters. The molecule has 2 aliphatic heterocycles. The maximum atomic E-state index is 12.7. The van der Waals surface area contributed by atoms with Crippen molar-refractivity contribution in [1.29, 1.82) is 0 Å². The molecule has 0 radical (unpaired) electrons. The lowest BCUT2D eigenvalue weighted by atomic mass is 10.0. The van der Waals surface area contributed by atoms with Gasteiger partial charge in [0.15, 0.2) is 0 Å². The van der Waals surface area contributed by atoms with Gasteiger partial charge in [0.25, 0.3) is 5.91 Å². The highest BCUT2D eigenvalue weighted by Crippen LogP contribution is 2.32. The smallest absolute Gasteiger partial charge is 0.266 e. The molecule has 1 atom stereocenters. The number of hydrogen-bond donors (Lipinski definition) is 1. The van der Waals surface area contributed by atoms with E-state index in [0.717, 1.165) is 39.5 Å². The van der Waals surface area contributed by atoms with E-state index >= 15 is 0 Å². The normalized spacial score (nSPS) is 15.2. The zero-order valence-corrected chi connectivity index (χ0v) is 16.0. The highest BCUT2D eigenvalue weighted by atomic mass is 16.2. The van der Waals surface area contributed by atoms with E-state index in [1.54, 1.807) is 12.4 Å². The van der Waals surface area contributed by atoms with Gasteiger partial charge in [0, 0.05) is 29.9 Å². The van der Waals surface area contributed by atoms with E-state index in [9.17, 15) is 4.79 Å². The molecule has 6 heteroatoms. The van der Waals surface area contributed by atoms with Crippen LogP contribution in [-0.2, 0) is 17.8 Å². The number of nitrogens with one attached hydrogen (secondary N) is 1. The van der Waals surface area contributed by atoms with E-state index in [4.69, 9.17) is 4.98 Å².